The Kier molecular flexibility index (Phi) is 4.37. The van der Waals surface area contributed by atoms with Crippen LogP contribution in [0.4, 0.5) is 0 Å². The van der Waals surface area contributed by atoms with E-state index in [4.69, 9.17) is 0 Å². The van der Waals surface area contributed by atoms with Gasteiger partial charge in [0.1, 0.15) is 0 Å². The Labute approximate surface area is 97.7 Å². The summed E-state index contributed by atoms with van der Waals surface area (Å²) in [5, 5.41) is 12.7. The molecule has 0 aliphatic carbocycles. The largest absolute Gasteiger partial charge is 0.396 e. The molecule has 2 unspecified atom stereocenters. The molecule has 1 fully saturated rings. The van der Waals surface area contributed by atoms with Crippen molar-refractivity contribution in [1.82, 2.24) is 5.32 Å². The van der Waals surface area contributed by atoms with Crippen LogP contribution in [0.1, 0.15) is 18.4 Å². The third-order valence-corrected chi connectivity index (χ3v) is 3.65. The first-order chi connectivity index (χ1) is 7.90. The minimum atomic E-state index is 0.326. The fourth-order valence-electron chi connectivity index (χ4n) is 2.57. The lowest BCUT2D eigenvalue weighted by Crippen LogP contribution is -2.38. The van der Waals surface area contributed by atoms with Gasteiger partial charge in [0.15, 0.2) is 0 Å². The molecule has 0 radical (unpaired) electrons. The quantitative estimate of drug-likeness (QED) is 0.810. The predicted molar refractivity (Wildman–Crippen MR) is 66.3 cm³/mol. The van der Waals surface area contributed by atoms with Gasteiger partial charge < -0.3 is 10.4 Å². The summed E-state index contributed by atoms with van der Waals surface area (Å²) in [4.78, 5) is 0. The minimum Gasteiger partial charge on any atom is -0.396 e. The average molecular weight is 219 g/mol. The smallest absolute Gasteiger partial charge is 0.0474 e. The van der Waals surface area contributed by atoms with E-state index in [2.05, 4.69) is 35.6 Å². The number of benzene rings is 1. The highest BCUT2D eigenvalue weighted by Gasteiger charge is 2.23. The van der Waals surface area contributed by atoms with Crippen LogP contribution in [0, 0.1) is 11.8 Å². The minimum absolute atomic E-state index is 0.326. The van der Waals surface area contributed by atoms with E-state index >= 15 is 0 Å². The first kappa shape index (κ1) is 11.6. The van der Waals surface area contributed by atoms with E-state index in [1.165, 1.54) is 18.4 Å². The zero-order valence-electron chi connectivity index (χ0n) is 9.73. The maximum absolute atomic E-state index is 9.32. The number of hydrogen-bond donors (Lipinski definition) is 2. The number of piperidine rings is 1. The lowest BCUT2D eigenvalue weighted by atomic mass is 9.83. The molecule has 1 aliphatic heterocycles. The van der Waals surface area contributed by atoms with Crippen LogP contribution in [0.25, 0.3) is 0 Å². The molecular formula is C14H21NO. The standard InChI is InChI=1S/C14H21NO/c16-11-14-10-15-9-8-13(14)7-6-12-4-2-1-3-5-12/h1-5,13-16H,6-11H2. The Morgan fingerprint density at radius 2 is 2.00 bits per heavy atom. The number of aryl methyl sites for hydroxylation is 1. The zero-order valence-corrected chi connectivity index (χ0v) is 9.73. The normalized spacial score (nSPS) is 25.6. The van der Waals surface area contributed by atoms with Gasteiger partial charge in [0, 0.05) is 13.2 Å². The highest BCUT2D eigenvalue weighted by molar-refractivity contribution is 5.14. The van der Waals surface area contributed by atoms with Gasteiger partial charge >= 0.3 is 0 Å². The van der Waals surface area contributed by atoms with Crippen LogP contribution in [0.15, 0.2) is 30.3 Å². The SMILES string of the molecule is OCC1CNCCC1CCc1ccccc1. The second-order valence-electron chi connectivity index (χ2n) is 4.72. The molecule has 2 nitrogen and oxygen atoms in total. The maximum atomic E-state index is 9.32. The summed E-state index contributed by atoms with van der Waals surface area (Å²) in [6, 6.07) is 10.6. The van der Waals surface area contributed by atoms with Crippen molar-refractivity contribution in [3.63, 3.8) is 0 Å². The highest BCUT2D eigenvalue weighted by atomic mass is 16.3. The molecule has 1 aliphatic rings. The third-order valence-electron chi connectivity index (χ3n) is 3.65. The van der Waals surface area contributed by atoms with Gasteiger partial charge in [0.25, 0.3) is 0 Å². The van der Waals surface area contributed by atoms with Gasteiger partial charge in [0.05, 0.1) is 0 Å². The van der Waals surface area contributed by atoms with Gasteiger partial charge in [-0.05, 0) is 43.2 Å². The second kappa shape index (κ2) is 6.02. The van der Waals surface area contributed by atoms with Crippen molar-refractivity contribution in [2.45, 2.75) is 19.3 Å². The van der Waals surface area contributed by atoms with Crippen molar-refractivity contribution < 1.29 is 5.11 Å². The Hall–Kier alpha value is -0.860. The molecule has 2 N–H and O–H groups in total. The molecule has 16 heavy (non-hydrogen) atoms. The van der Waals surface area contributed by atoms with Crippen molar-refractivity contribution in [3.05, 3.63) is 35.9 Å². The molecule has 2 atom stereocenters. The summed E-state index contributed by atoms with van der Waals surface area (Å²) in [5.41, 5.74) is 1.41. The molecule has 0 saturated carbocycles. The van der Waals surface area contributed by atoms with E-state index < -0.39 is 0 Å². The summed E-state index contributed by atoms with van der Waals surface area (Å²) in [5.74, 6) is 1.14. The molecule has 2 heteroatoms. The highest BCUT2D eigenvalue weighted by Crippen LogP contribution is 2.24. The summed E-state index contributed by atoms with van der Waals surface area (Å²) < 4.78 is 0. The summed E-state index contributed by atoms with van der Waals surface area (Å²) in [6.45, 7) is 2.42. The van der Waals surface area contributed by atoms with Crippen molar-refractivity contribution >= 4 is 0 Å². The Morgan fingerprint density at radius 1 is 1.19 bits per heavy atom. The predicted octanol–water partition coefficient (Wildman–Crippen LogP) is 1.84. The molecule has 2 rings (SSSR count). The van der Waals surface area contributed by atoms with Gasteiger partial charge in [-0.3, -0.25) is 0 Å². The van der Waals surface area contributed by atoms with Gasteiger partial charge in [-0.2, -0.15) is 0 Å². The molecular weight excluding hydrogens is 198 g/mol. The number of rotatable bonds is 4. The second-order valence-corrected chi connectivity index (χ2v) is 4.72. The van der Waals surface area contributed by atoms with Gasteiger partial charge in [-0.25, -0.2) is 0 Å². The fourth-order valence-corrected chi connectivity index (χ4v) is 2.57. The summed E-state index contributed by atoms with van der Waals surface area (Å²) in [7, 11) is 0. The van der Waals surface area contributed by atoms with Gasteiger partial charge in [-0.1, -0.05) is 30.3 Å². The van der Waals surface area contributed by atoms with Crippen LogP contribution in [0.2, 0.25) is 0 Å². The first-order valence-corrected chi connectivity index (χ1v) is 6.25. The maximum Gasteiger partial charge on any atom is 0.0474 e. The van der Waals surface area contributed by atoms with Crippen molar-refractivity contribution in [1.29, 1.82) is 0 Å². The van der Waals surface area contributed by atoms with Crippen molar-refractivity contribution in [2.24, 2.45) is 11.8 Å². The molecule has 0 amide bonds. The third kappa shape index (κ3) is 3.06. The Morgan fingerprint density at radius 3 is 2.75 bits per heavy atom. The lowest BCUT2D eigenvalue weighted by molar-refractivity contribution is 0.140. The number of aliphatic hydroxyl groups is 1. The van der Waals surface area contributed by atoms with Crippen LogP contribution in [-0.4, -0.2) is 24.8 Å². The number of hydrogen-bond acceptors (Lipinski definition) is 2. The summed E-state index contributed by atoms with van der Waals surface area (Å²) >= 11 is 0. The average Bonchev–Trinajstić information content (AvgIpc) is 2.38. The number of nitrogens with one attached hydrogen (secondary N) is 1. The monoisotopic (exact) mass is 219 g/mol. The molecule has 1 saturated heterocycles. The van der Waals surface area contributed by atoms with Crippen LogP contribution in [0.3, 0.4) is 0 Å². The van der Waals surface area contributed by atoms with E-state index in [0.29, 0.717) is 18.4 Å². The van der Waals surface area contributed by atoms with E-state index in [9.17, 15) is 5.11 Å². The van der Waals surface area contributed by atoms with Crippen LogP contribution < -0.4 is 5.32 Å². The Balaban J connectivity index is 1.84. The summed E-state index contributed by atoms with van der Waals surface area (Å²) in [6.07, 6.45) is 3.55. The van der Waals surface area contributed by atoms with Gasteiger partial charge in [0.2, 0.25) is 0 Å². The molecule has 1 heterocycles. The molecule has 0 bridgehead atoms. The molecule has 0 spiro atoms. The van der Waals surface area contributed by atoms with Crippen LogP contribution in [0.5, 0.6) is 0 Å². The Bertz CT molecular complexity index is 299. The van der Waals surface area contributed by atoms with E-state index in [1.54, 1.807) is 0 Å². The molecule has 1 aromatic carbocycles. The first-order valence-electron chi connectivity index (χ1n) is 6.25. The fraction of sp³-hybridized carbons (Fsp3) is 0.571. The van der Waals surface area contributed by atoms with E-state index in [1.807, 2.05) is 0 Å². The molecule has 0 aromatic heterocycles. The van der Waals surface area contributed by atoms with E-state index in [-0.39, 0.29) is 0 Å². The van der Waals surface area contributed by atoms with Crippen molar-refractivity contribution in [3.8, 4) is 0 Å². The van der Waals surface area contributed by atoms with Crippen molar-refractivity contribution in [2.75, 3.05) is 19.7 Å². The zero-order chi connectivity index (χ0) is 11.2. The topological polar surface area (TPSA) is 32.3 Å². The van der Waals surface area contributed by atoms with Crippen LogP contribution >= 0.6 is 0 Å². The molecule has 1 aromatic rings. The van der Waals surface area contributed by atoms with Crippen LogP contribution in [-0.2, 0) is 6.42 Å². The molecule has 88 valence electrons. The van der Waals surface area contributed by atoms with Gasteiger partial charge in [-0.15, -0.1) is 0 Å². The lowest BCUT2D eigenvalue weighted by Gasteiger charge is -2.30. The number of aliphatic hydroxyl groups excluding tert-OH is 1. The van der Waals surface area contributed by atoms with E-state index in [0.717, 1.165) is 19.5 Å².